The van der Waals surface area contributed by atoms with E-state index in [0.717, 1.165) is 23.3 Å². The SMILES string of the molecule is CCNCc1ccc(OCC)c(Br)c1.Cl. The summed E-state index contributed by atoms with van der Waals surface area (Å²) in [7, 11) is 0. The molecule has 0 fully saturated rings. The fourth-order valence-electron chi connectivity index (χ4n) is 1.20. The van der Waals surface area contributed by atoms with E-state index in [1.165, 1.54) is 5.56 Å². The maximum atomic E-state index is 5.43. The highest BCUT2D eigenvalue weighted by molar-refractivity contribution is 9.10. The van der Waals surface area contributed by atoms with Gasteiger partial charge in [-0.2, -0.15) is 0 Å². The summed E-state index contributed by atoms with van der Waals surface area (Å²) in [5.41, 5.74) is 1.27. The van der Waals surface area contributed by atoms with Crippen LogP contribution in [0.25, 0.3) is 0 Å². The second kappa shape index (κ2) is 7.97. The van der Waals surface area contributed by atoms with Crippen LogP contribution < -0.4 is 10.1 Å². The Morgan fingerprint density at radius 3 is 2.60 bits per heavy atom. The van der Waals surface area contributed by atoms with Gasteiger partial charge in [0.2, 0.25) is 0 Å². The molecule has 0 aliphatic heterocycles. The van der Waals surface area contributed by atoms with Crippen molar-refractivity contribution in [3.05, 3.63) is 28.2 Å². The number of hydrogen-bond acceptors (Lipinski definition) is 2. The molecule has 0 spiro atoms. The number of nitrogens with one attached hydrogen (secondary N) is 1. The van der Waals surface area contributed by atoms with Crippen molar-refractivity contribution in [1.29, 1.82) is 0 Å². The summed E-state index contributed by atoms with van der Waals surface area (Å²) in [5.74, 6) is 0.910. The van der Waals surface area contributed by atoms with Crippen molar-refractivity contribution in [2.24, 2.45) is 0 Å². The number of ether oxygens (including phenoxy) is 1. The van der Waals surface area contributed by atoms with Gasteiger partial charge in [0.05, 0.1) is 11.1 Å². The Morgan fingerprint density at radius 1 is 1.33 bits per heavy atom. The lowest BCUT2D eigenvalue weighted by Crippen LogP contribution is -2.11. The highest BCUT2D eigenvalue weighted by Crippen LogP contribution is 2.25. The first-order valence-corrected chi connectivity index (χ1v) is 5.69. The molecule has 0 bridgehead atoms. The van der Waals surface area contributed by atoms with Crippen LogP contribution >= 0.6 is 28.3 Å². The molecule has 1 rings (SSSR count). The Labute approximate surface area is 106 Å². The number of rotatable bonds is 5. The summed E-state index contributed by atoms with van der Waals surface area (Å²) in [4.78, 5) is 0. The number of hydrogen-bond donors (Lipinski definition) is 1. The molecule has 1 N–H and O–H groups in total. The minimum absolute atomic E-state index is 0. The van der Waals surface area contributed by atoms with E-state index in [-0.39, 0.29) is 12.4 Å². The Kier molecular flexibility index (Phi) is 7.83. The fourth-order valence-corrected chi connectivity index (χ4v) is 1.74. The van der Waals surface area contributed by atoms with Crippen LogP contribution in [0, 0.1) is 0 Å². The molecule has 15 heavy (non-hydrogen) atoms. The highest BCUT2D eigenvalue weighted by atomic mass is 79.9. The zero-order chi connectivity index (χ0) is 10.4. The molecule has 0 saturated carbocycles. The Hall–Kier alpha value is -0.250. The van der Waals surface area contributed by atoms with Gasteiger partial charge in [0.1, 0.15) is 5.75 Å². The zero-order valence-electron chi connectivity index (χ0n) is 9.05. The third-order valence-electron chi connectivity index (χ3n) is 1.88. The van der Waals surface area contributed by atoms with Crippen LogP contribution in [-0.2, 0) is 6.54 Å². The predicted octanol–water partition coefficient (Wildman–Crippen LogP) is 3.38. The molecule has 4 heteroatoms. The van der Waals surface area contributed by atoms with Gasteiger partial charge in [-0.3, -0.25) is 0 Å². The lowest BCUT2D eigenvalue weighted by Gasteiger charge is -2.08. The van der Waals surface area contributed by atoms with Crippen molar-refractivity contribution in [3.63, 3.8) is 0 Å². The van der Waals surface area contributed by atoms with Crippen LogP contribution in [0.2, 0.25) is 0 Å². The topological polar surface area (TPSA) is 21.3 Å². The van der Waals surface area contributed by atoms with Crippen LogP contribution in [0.4, 0.5) is 0 Å². The summed E-state index contributed by atoms with van der Waals surface area (Å²) in [6.07, 6.45) is 0. The van der Waals surface area contributed by atoms with Crippen molar-refractivity contribution in [2.45, 2.75) is 20.4 Å². The van der Waals surface area contributed by atoms with E-state index >= 15 is 0 Å². The molecular weight excluding hydrogens is 277 g/mol. The van der Waals surface area contributed by atoms with Crippen LogP contribution in [0.1, 0.15) is 19.4 Å². The molecular formula is C11H17BrClNO. The molecule has 0 aliphatic carbocycles. The first-order chi connectivity index (χ1) is 6.77. The van der Waals surface area contributed by atoms with Crippen molar-refractivity contribution in [2.75, 3.05) is 13.2 Å². The number of benzene rings is 1. The summed E-state index contributed by atoms with van der Waals surface area (Å²) < 4.78 is 6.45. The van der Waals surface area contributed by atoms with Gasteiger partial charge in [-0.05, 0) is 47.1 Å². The monoisotopic (exact) mass is 293 g/mol. The van der Waals surface area contributed by atoms with E-state index in [9.17, 15) is 0 Å². The molecule has 1 aromatic carbocycles. The van der Waals surface area contributed by atoms with Crippen LogP contribution in [0.3, 0.4) is 0 Å². The van der Waals surface area contributed by atoms with Gasteiger partial charge >= 0.3 is 0 Å². The van der Waals surface area contributed by atoms with Gasteiger partial charge in [-0.15, -0.1) is 12.4 Å². The second-order valence-corrected chi connectivity index (χ2v) is 3.83. The standard InChI is InChI=1S/C11H16BrNO.ClH/c1-3-13-8-9-5-6-11(14-4-2)10(12)7-9;/h5-7,13H,3-4,8H2,1-2H3;1H. The molecule has 1 aromatic rings. The third-order valence-corrected chi connectivity index (χ3v) is 2.49. The minimum atomic E-state index is 0. The average Bonchev–Trinajstić information content (AvgIpc) is 2.19. The molecule has 0 aromatic heterocycles. The molecule has 86 valence electrons. The van der Waals surface area contributed by atoms with Crippen molar-refractivity contribution < 1.29 is 4.74 Å². The molecule has 2 nitrogen and oxygen atoms in total. The highest BCUT2D eigenvalue weighted by Gasteiger charge is 2.01. The molecule has 0 amide bonds. The number of halogens is 2. The maximum absolute atomic E-state index is 5.43. The van der Waals surface area contributed by atoms with E-state index in [4.69, 9.17) is 4.74 Å². The zero-order valence-corrected chi connectivity index (χ0v) is 11.5. The normalized spacial score (nSPS) is 9.53. The van der Waals surface area contributed by atoms with Crippen LogP contribution in [-0.4, -0.2) is 13.2 Å². The fraction of sp³-hybridized carbons (Fsp3) is 0.455. The minimum Gasteiger partial charge on any atom is -0.493 e. The summed E-state index contributed by atoms with van der Waals surface area (Å²) in [5, 5.41) is 3.28. The predicted molar refractivity (Wildman–Crippen MR) is 69.9 cm³/mol. The van der Waals surface area contributed by atoms with E-state index in [1.54, 1.807) is 0 Å². The third kappa shape index (κ3) is 4.87. The summed E-state index contributed by atoms with van der Waals surface area (Å²) in [6.45, 7) is 6.68. The molecule has 0 aliphatic rings. The lowest BCUT2D eigenvalue weighted by atomic mass is 10.2. The second-order valence-electron chi connectivity index (χ2n) is 2.98. The van der Waals surface area contributed by atoms with Gasteiger partial charge < -0.3 is 10.1 Å². The van der Waals surface area contributed by atoms with Crippen LogP contribution in [0.5, 0.6) is 5.75 Å². The van der Waals surface area contributed by atoms with Crippen molar-refractivity contribution in [1.82, 2.24) is 5.32 Å². The van der Waals surface area contributed by atoms with Crippen molar-refractivity contribution >= 4 is 28.3 Å². The molecule has 0 heterocycles. The average molecular weight is 295 g/mol. The van der Waals surface area contributed by atoms with Crippen molar-refractivity contribution in [3.8, 4) is 5.75 Å². The summed E-state index contributed by atoms with van der Waals surface area (Å²) >= 11 is 3.49. The lowest BCUT2D eigenvalue weighted by molar-refractivity contribution is 0.338. The first kappa shape index (κ1) is 14.8. The van der Waals surface area contributed by atoms with E-state index < -0.39 is 0 Å². The maximum Gasteiger partial charge on any atom is 0.133 e. The Balaban J connectivity index is 0.00000196. The summed E-state index contributed by atoms with van der Waals surface area (Å²) in [6, 6.07) is 6.17. The molecule has 0 atom stereocenters. The van der Waals surface area contributed by atoms with Gasteiger partial charge in [0, 0.05) is 6.54 Å². The van der Waals surface area contributed by atoms with Gasteiger partial charge in [0.25, 0.3) is 0 Å². The quantitative estimate of drug-likeness (QED) is 0.899. The van der Waals surface area contributed by atoms with E-state index in [0.29, 0.717) is 6.61 Å². The van der Waals surface area contributed by atoms with Gasteiger partial charge in [0.15, 0.2) is 0 Å². The molecule has 0 saturated heterocycles. The molecule has 0 unspecified atom stereocenters. The van der Waals surface area contributed by atoms with Crippen LogP contribution in [0.15, 0.2) is 22.7 Å². The van der Waals surface area contributed by atoms with E-state index in [2.05, 4.69) is 40.3 Å². The van der Waals surface area contributed by atoms with Gasteiger partial charge in [-0.1, -0.05) is 13.0 Å². The first-order valence-electron chi connectivity index (χ1n) is 4.89. The largest absolute Gasteiger partial charge is 0.493 e. The Morgan fingerprint density at radius 2 is 2.07 bits per heavy atom. The van der Waals surface area contributed by atoms with Gasteiger partial charge in [-0.25, -0.2) is 0 Å². The van der Waals surface area contributed by atoms with E-state index in [1.807, 2.05) is 13.0 Å². The Bertz CT molecular complexity index is 294. The molecule has 0 radical (unpaired) electrons. The smallest absolute Gasteiger partial charge is 0.133 e.